The first-order valence-electron chi connectivity index (χ1n) is 7.40. The van der Waals surface area contributed by atoms with Gasteiger partial charge in [-0.3, -0.25) is 4.98 Å². The van der Waals surface area contributed by atoms with E-state index in [1.807, 2.05) is 19.1 Å². The van der Waals surface area contributed by atoms with E-state index >= 15 is 0 Å². The lowest BCUT2D eigenvalue weighted by Gasteiger charge is -2.22. The Kier molecular flexibility index (Phi) is 6.00. The molecule has 1 aromatic carbocycles. The molecule has 22 heavy (non-hydrogen) atoms. The molecule has 6 heteroatoms. The van der Waals surface area contributed by atoms with Crippen LogP contribution in [0.1, 0.15) is 19.0 Å². The number of nitrogens with zero attached hydrogens (tertiary/aromatic N) is 3. The normalized spacial score (nSPS) is 10.8. The summed E-state index contributed by atoms with van der Waals surface area (Å²) >= 11 is 12.4. The van der Waals surface area contributed by atoms with Crippen LogP contribution in [0.4, 0.5) is 5.82 Å². The van der Waals surface area contributed by atoms with Gasteiger partial charge in [-0.1, -0.05) is 42.3 Å². The quantitative estimate of drug-likeness (QED) is 0.878. The Labute approximate surface area is 141 Å². The average molecular weight is 340 g/mol. The predicted octanol–water partition coefficient (Wildman–Crippen LogP) is 3.22. The molecule has 1 heterocycles. The van der Waals surface area contributed by atoms with Gasteiger partial charge in [0.15, 0.2) is 0 Å². The van der Waals surface area contributed by atoms with Crippen LogP contribution in [0.2, 0.25) is 10.0 Å². The third-order valence-corrected chi connectivity index (χ3v) is 4.21. The lowest BCUT2D eigenvalue weighted by molar-refractivity contribution is -0.363. The van der Waals surface area contributed by atoms with Crippen molar-refractivity contribution in [2.45, 2.75) is 20.3 Å². The van der Waals surface area contributed by atoms with Gasteiger partial charge < -0.3 is 10.6 Å². The van der Waals surface area contributed by atoms with Gasteiger partial charge in [-0.15, -0.1) is 0 Å². The molecule has 0 saturated carbocycles. The smallest absolute Gasteiger partial charge is 0.147 e. The second-order valence-electron chi connectivity index (χ2n) is 5.10. The second-order valence-corrected chi connectivity index (χ2v) is 5.89. The van der Waals surface area contributed by atoms with E-state index in [4.69, 9.17) is 28.2 Å². The summed E-state index contributed by atoms with van der Waals surface area (Å²) in [7, 11) is 0. The Bertz CT molecular complexity index is 640. The van der Waals surface area contributed by atoms with E-state index in [1.165, 1.54) is 0 Å². The molecule has 3 N–H and O–H groups in total. The number of aromatic nitrogens is 2. The Hall–Kier alpha value is -1.36. The van der Waals surface area contributed by atoms with Gasteiger partial charge in [-0.25, -0.2) is 4.98 Å². The maximum Gasteiger partial charge on any atom is 0.147 e. The summed E-state index contributed by atoms with van der Waals surface area (Å²) < 4.78 is 0. The Morgan fingerprint density at radius 3 is 2.64 bits per heavy atom. The molecule has 2 rings (SSSR count). The maximum atomic E-state index is 6.28. The highest BCUT2D eigenvalue weighted by Gasteiger charge is 2.14. The molecule has 0 saturated heterocycles. The van der Waals surface area contributed by atoms with E-state index in [9.17, 15) is 0 Å². The van der Waals surface area contributed by atoms with Gasteiger partial charge in [0.1, 0.15) is 5.82 Å². The van der Waals surface area contributed by atoms with Crippen molar-refractivity contribution in [1.82, 2.24) is 9.97 Å². The van der Waals surface area contributed by atoms with Crippen LogP contribution in [0.5, 0.6) is 0 Å². The van der Waals surface area contributed by atoms with Crippen molar-refractivity contribution in [3.05, 3.63) is 40.1 Å². The fraction of sp³-hybridized carbons (Fsp3) is 0.375. The van der Waals surface area contributed by atoms with E-state index in [1.54, 1.807) is 12.3 Å². The fourth-order valence-corrected chi connectivity index (χ4v) is 2.76. The van der Waals surface area contributed by atoms with Crippen molar-refractivity contribution in [3.63, 3.8) is 0 Å². The molecule has 0 radical (unpaired) electrons. The van der Waals surface area contributed by atoms with E-state index in [0.717, 1.165) is 48.8 Å². The van der Waals surface area contributed by atoms with Crippen LogP contribution in [-0.4, -0.2) is 29.6 Å². The molecule has 1 aromatic heterocycles. The number of benzene rings is 1. The number of aryl methyl sites for hydroxylation is 1. The van der Waals surface area contributed by atoms with Crippen LogP contribution in [-0.2, 0) is 0 Å². The van der Waals surface area contributed by atoms with Gasteiger partial charge >= 0.3 is 0 Å². The van der Waals surface area contributed by atoms with E-state index in [2.05, 4.69) is 22.5 Å². The SMILES string of the molecule is CCCN(CC[NH3+])c1cnc(-c2cccc(Cl)c2Cl)c(C)n1. The number of anilines is 1. The molecule has 4 nitrogen and oxygen atoms in total. The second kappa shape index (κ2) is 7.77. The molecule has 0 aliphatic rings. The summed E-state index contributed by atoms with van der Waals surface area (Å²) in [4.78, 5) is 11.5. The van der Waals surface area contributed by atoms with E-state index in [0.29, 0.717) is 10.0 Å². The zero-order valence-corrected chi connectivity index (χ0v) is 14.5. The number of hydrogen-bond acceptors (Lipinski definition) is 3. The minimum atomic E-state index is 0.512. The fourth-order valence-electron chi connectivity index (χ4n) is 2.37. The Morgan fingerprint density at radius 1 is 1.23 bits per heavy atom. The Balaban J connectivity index is 2.39. The largest absolute Gasteiger partial charge is 0.356 e. The van der Waals surface area contributed by atoms with E-state index in [-0.39, 0.29) is 0 Å². The van der Waals surface area contributed by atoms with Crippen molar-refractivity contribution in [1.29, 1.82) is 0 Å². The van der Waals surface area contributed by atoms with Crippen molar-refractivity contribution < 1.29 is 5.73 Å². The number of halogens is 2. The van der Waals surface area contributed by atoms with Crippen LogP contribution >= 0.6 is 23.2 Å². The summed E-state index contributed by atoms with van der Waals surface area (Å²) in [6.45, 7) is 6.75. The number of rotatable bonds is 6. The van der Waals surface area contributed by atoms with Gasteiger partial charge in [0, 0.05) is 12.1 Å². The lowest BCUT2D eigenvalue weighted by Crippen LogP contribution is -2.55. The molecule has 0 bridgehead atoms. The van der Waals surface area contributed by atoms with Crippen LogP contribution in [0, 0.1) is 6.92 Å². The van der Waals surface area contributed by atoms with Gasteiger partial charge in [0.2, 0.25) is 0 Å². The lowest BCUT2D eigenvalue weighted by atomic mass is 10.1. The maximum absolute atomic E-state index is 6.28. The zero-order valence-electron chi connectivity index (χ0n) is 12.9. The van der Waals surface area contributed by atoms with Gasteiger partial charge in [-0.2, -0.15) is 0 Å². The highest BCUT2D eigenvalue weighted by molar-refractivity contribution is 6.43. The highest BCUT2D eigenvalue weighted by Crippen LogP contribution is 2.33. The topological polar surface area (TPSA) is 56.7 Å². The predicted molar refractivity (Wildman–Crippen MR) is 92.5 cm³/mol. The molecule has 2 aromatic rings. The van der Waals surface area contributed by atoms with Crippen LogP contribution in [0.15, 0.2) is 24.4 Å². The number of quaternary nitrogens is 1. The molecule has 0 spiro atoms. The third kappa shape index (κ3) is 3.69. The third-order valence-electron chi connectivity index (χ3n) is 3.39. The molecular formula is C16H21Cl2N4+. The molecule has 0 unspecified atom stereocenters. The standard InChI is InChI=1S/C16H20Cl2N4/c1-3-8-22(9-7-19)14-10-20-16(11(2)21-14)12-5-4-6-13(17)15(12)18/h4-6,10H,3,7-9,19H2,1-2H3/p+1. The summed E-state index contributed by atoms with van der Waals surface area (Å²) in [6.07, 6.45) is 2.85. The first-order valence-corrected chi connectivity index (χ1v) is 8.16. The van der Waals surface area contributed by atoms with Crippen molar-refractivity contribution in [2.24, 2.45) is 0 Å². The molecule has 0 amide bonds. The molecule has 0 atom stereocenters. The Morgan fingerprint density at radius 2 is 2.00 bits per heavy atom. The van der Waals surface area contributed by atoms with Crippen molar-refractivity contribution in [2.75, 3.05) is 24.5 Å². The molecular weight excluding hydrogens is 319 g/mol. The van der Waals surface area contributed by atoms with Crippen molar-refractivity contribution in [3.8, 4) is 11.3 Å². The first kappa shape index (κ1) is 17.0. The zero-order chi connectivity index (χ0) is 16.1. The van der Waals surface area contributed by atoms with Crippen LogP contribution in [0.25, 0.3) is 11.3 Å². The van der Waals surface area contributed by atoms with Gasteiger partial charge in [0.05, 0.1) is 40.7 Å². The highest BCUT2D eigenvalue weighted by atomic mass is 35.5. The number of hydrogen-bond donors (Lipinski definition) is 1. The monoisotopic (exact) mass is 339 g/mol. The minimum absolute atomic E-state index is 0.512. The van der Waals surface area contributed by atoms with Crippen LogP contribution < -0.4 is 10.6 Å². The van der Waals surface area contributed by atoms with Crippen molar-refractivity contribution >= 4 is 29.0 Å². The molecule has 0 fully saturated rings. The van der Waals surface area contributed by atoms with Gasteiger partial charge in [-0.05, 0) is 19.4 Å². The van der Waals surface area contributed by atoms with Gasteiger partial charge in [0.25, 0.3) is 0 Å². The summed E-state index contributed by atoms with van der Waals surface area (Å²) in [6, 6.07) is 5.54. The minimum Gasteiger partial charge on any atom is -0.356 e. The molecule has 0 aliphatic carbocycles. The average Bonchev–Trinajstić information content (AvgIpc) is 2.50. The van der Waals surface area contributed by atoms with E-state index < -0.39 is 0 Å². The first-order chi connectivity index (χ1) is 10.6. The summed E-state index contributed by atoms with van der Waals surface area (Å²) in [5.74, 6) is 0.880. The molecule has 118 valence electrons. The van der Waals surface area contributed by atoms with Crippen LogP contribution in [0.3, 0.4) is 0 Å². The summed E-state index contributed by atoms with van der Waals surface area (Å²) in [5, 5.41) is 1.03. The summed E-state index contributed by atoms with van der Waals surface area (Å²) in [5.41, 5.74) is 6.34. The molecule has 0 aliphatic heterocycles.